The van der Waals surface area contributed by atoms with Crippen molar-refractivity contribution >= 4 is 53.0 Å². The molecule has 4 N–H and O–H groups in total. The summed E-state index contributed by atoms with van der Waals surface area (Å²) in [5.41, 5.74) is 4.54. The first-order valence-corrected chi connectivity index (χ1v) is 22.5. The maximum absolute atomic E-state index is 13.6. The highest BCUT2D eigenvalue weighted by molar-refractivity contribution is 7.61. The number of nitrogens with zero attached hydrogens (tertiary/aromatic N) is 5. The van der Waals surface area contributed by atoms with Gasteiger partial charge in [-0.15, -0.1) is 6.42 Å². The zero-order valence-electron chi connectivity index (χ0n) is 34.1. The van der Waals surface area contributed by atoms with Gasteiger partial charge in [-0.25, -0.2) is 14.5 Å². The van der Waals surface area contributed by atoms with Crippen LogP contribution < -0.4 is 26.0 Å². The molecule has 14 nitrogen and oxygen atoms in total. The molecule has 3 heterocycles. The zero-order valence-corrected chi connectivity index (χ0v) is 35.0. The van der Waals surface area contributed by atoms with Crippen molar-refractivity contribution in [3.63, 3.8) is 0 Å². The Balaban J connectivity index is 1.05. The fourth-order valence-corrected chi connectivity index (χ4v) is 7.88. The van der Waals surface area contributed by atoms with Gasteiger partial charge in [0.25, 0.3) is 5.91 Å². The molecule has 0 aliphatic carbocycles. The average Bonchev–Trinajstić information content (AvgIpc) is 3.65. The molecule has 6 aromatic rings. The molecule has 0 radical (unpaired) electrons. The van der Waals surface area contributed by atoms with Crippen LogP contribution in [0.4, 0.5) is 27.9 Å². The Hall–Kier alpha value is -6.52. The Morgan fingerprint density at radius 1 is 0.950 bits per heavy atom. The van der Waals surface area contributed by atoms with E-state index in [9.17, 15) is 14.2 Å². The second-order valence-electron chi connectivity index (χ2n) is 15.3. The molecule has 4 aromatic carbocycles. The lowest BCUT2D eigenvalue weighted by Gasteiger charge is -2.26. The number of terminal acetylenes is 1. The van der Waals surface area contributed by atoms with Gasteiger partial charge in [0.1, 0.15) is 11.6 Å². The molecule has 1 saturated heterocycles. The summed E-state index contributed by atoms with van der Waals surface area (Å²) in [4.78, 5) is 37.9. The van der Waals surface area contributed by atoms with Gasteiger partial charge < -0.3 is 30.0 Å². The summed E-state index contributed by atoms with van der Waals surface area (Å²) in [7, 11) is -2.30. The van der Waals surface area contributed by atoms with E-state index >= 15 is 0 Å². The van der Waals surface area contributed by atoms with Crippen LogP contribution in [-0.4, -0.2) is 89.3 Å². The smallest absolute Gasteiger partial charge is 0.324 e. The van der Waals surface area contributed by atoms with Crippen LogP contribution in [0.25, 0.3) is 16.5 Å². The minimum atomic E-state index is -2.30. The largest absolute Gasteiger partial charge is 0.438 e. The zero-order chi connectivity index (χ0) is 42.2. The molecule has 1 fully saturated rings. The van der Waals surface area contributed by atoms with E-state index in [1.54, 1.807) is 60.6 Å². The second-order valence-corrected chi connectivity index (χ2v) is 18.7. The predicted molar refractivity (Wildman–Crippen MR) is 237 cm³/mol. The fraction of sp³-hybridized carbons (Fsp3) is 0.267. The number of carbonyl (C=O) groups excluding carboxylic acids is 2. The van der Waals surface area contributed by atoms with Crippen molar-refractivity contribution in [2.24, 2.45) is 0 Å². The molecule has 3 amide bonds. The highest BCUT2D eigenvalue weighted by atomic mass is 31.2. The number of urea groups is 1. The van der Waals surface area contributed by atoms with Gasteiger partial charge in [0, 0.05) is 78.3 Å². The highest BCUT2D eigenvalue weighted by Gasteiger charge is 2.18. The molecular weight excluding hydrogens is 778 g/mol. The third-order valence-electron chi connectivity index (χ3n) is 9.69. The van der Waals surface area contributed by atoms with E-state index in [1.807, 2.05) is 68.4 Å². The first kappa shape index (κ1) is 41.6. The Labute approximate surface area is 349 Å². The van der Waals surface area contributed by atoms with Crippen molar-refractivity contribution in [2.45, 2.75) is 25.9 Å². The number of rotatable bonds is 14. The lowest BCUT2D eigenvalue weighted by Crippen LogP contribution is -2.41. The lowest BCUT2D eigenvalue weighted by molar-refractivity contribution is 0.0383. The van der Waals surface area contributed by atoms with E-state index in [2.05, 4.69) is 42.1 Å². The number of hydrogen-bond donors (Lipinski definition) is 4. The molecule has 2 aromatic heterocycles. The Bertz CT molecular complexity index is 2610. The average molecular weight is 826 g/mol. The molecule has 7 rings (SSSR count). The standard InChI is InChI=1S/C45H48N9O5P/c1-6-31-24-33(43(55)46-18-19-53-20-22-58-23-21-53)27-34(25-31)48-44-47-17-16-42(51-44)59-40-15-14-38(36-12-7-8-13-37(36)40)49-45(56)50-41-28-39(30(2)3)52-54(41)35-11-9-10-32(26-35)29-60(4,5)57/h1,7-17,24-28,30H,18-23,29H2,2-5H3,(H,46,55)(H,47,48,51)(H2,49,50,56). The normalized spacial score (nSPS) is 13.1. The van der Waals surface area contributed by atoms with Crippen LogP contribution in [-0.2, 0) is 15.5 Å². The van der Waals surface area contributed by atoms with Gasteiger partial charge in [0.2, 0.25) is 11.8 Å². The summed E-state index contributed by atoms with van der Waals surface area (Å²) in [6.07, 6.45) is 7.78. The summed E-state index contributed by atoms with van der Waals surface area (Å²) in [6.45, 7) is 11.9. The van der Waals surface area contributed by atoms with Gasteiger partial charge >= 0.3 is 6.03 Å². The van der Waals surface area contributed by atoms with E-state index in [0.717, 1.165) is 47.4 Å². The molecule has 0 spiro atoms. The third-order valence-corrected chi connectivity index (χ3v) is 10.8. The number of benzene rings is 4. The molecule has 1 aliphatic heterocycles. The van der Waals surface area contributed by atoms with Crippen LogP contribution in [0.1, 0.15) is 46.9 Å². The fourth-order valence-electron chi connectivity index (χ4n) is 6.80. The number of aromatic nitrogens is 4. The number of morpholine rings is 1. The Morgan fingerprint density at radius 3 is 2.52 bits per heavy atom. The van der Waals surface area contributed by atoms with E-state index in [4.69, 9.17) is 21.0 Å². The third kappa shape index (κ3) is 10.7. The Kier molecular flexibility index (Phi) is 12.9. The molecule has 15 heteroatoms. The Morgan fingerprint density at radius 2 is 1.75 bits per heavy atom. The molecule has 0 atom stereocenters. The van der Waals surface area contributed by atoms with Gasteiger partial charge in [0.15, 0.2) is 0 Å². The lowest BCUT2D eigenvalue weighted by atomic mass is 10.1. The van der Waals surface area contributed by atoms with Crippen molar-refractivity contribution < 1.29 is 23.6 Å². The number of fused-ring (bicyclic) bond motifs is 1. The number of anilines is 4. The van der Waals surface area contributed by atoms with Gasteiger partial charge in [-0.05, 0) is 67.3 Å². The minimum Gasteiger partial charge on any atom is -0.438 e. The van der Waals surface area contributed by atoms with Gasteiger partial charge in [-0.1, -0.05) is 56.2 Å². The summed E-state index contributed by atoms with van der Waals surface area (Å²) in [5, 5.41) is 18.4. The monoisotopic (exact) mass is 825 g/mol. The molecule has 0 saturated carbocycles. The van der Waals surface area contributed by atoms with Crippen LogP contribution in [0.2, 0.25) is 0 Å². The summed E-state index contributed by atoms with van der Waals surface area (Å²) >= 11 is 0. The maximum atomic E-state index is 13.6. The van der Waals surface area contributed by atoms with Crippen molar-refractivity contribution in [1.82, 2.24) is 30.0 Å². The maximum Gasteiger partial charge on any atom is 0.324 e. The van der Waals surface area contributed by atoms with Crippen molar-refractivity contribution in [2.75, 3.05) is 68.7 Å². The van der Waals surface area contributed by atoms with E-state index < -0.39 is 13.2 Å². The number of ether oxygens (including phenoxy) is 2. The van der Waals surface area contributed by atoms with Crippen LogP contribution in [0.15, 0.2) is 97.2 Å². The highest BCUT2D eigenvalue weighted by Crippen LogP contribution is 2.41. The van der Waals surface area contributed by atoms with Gasteiger partial charge in [-0.3, -0.25) is 15.0 Å². The van der Waals surface area contributed by atoms with Crippen LogP contribution in [0.5, 0.6) is 11.6 Å². The number of nitrogens with one attached hydrogen (secondary N) is 4. The van der Waals surface area contributed by atoms with Crippen molar-refractivity contribution in [1.29, 1.82) is 0 Å². The van der Waals surface area contributed by atoms with Gasteiger partial charge in [-0.2, -0.15) is 10.1 Å². The number of amides is 3. The molecular formula is C45H48N9O5P. The summed E-state index contributed by atoms with van der Waals surface area (Å²) in [5.74, 6) is 4.00. The predicted octanol–water partition coefficient (Wildman–Crippen LogP) is 8.28. The quantitative estimate of drug-likeness (QED) is 0.0621. The first-order valence-electron chi connectivity index (χ1n) is 19.7. The molecule has 308 valence electrons. The molecule has 1 aliphatic rings. The minimum absolute atomic E-state index is 0.115. The molecule has 0 unspecified atom stereocenters. The number of hydrogen-bond acceptors (Lipinski definition) is 10. The molecule has 0 bridgehead atoms. The van der Waals surface area contributed by atoms with Gasteiger partial charge in [0.05, 0.1) is 37.4 Å². The van der Waals surface area contributed by atoms with Crippen molar-refractivity contribution in [3.05, 3.63) is 120 Å². The first-order chi connectivity index (χ1) is 28.9. The van der Waals surface area contributed by atoms with Crippen LogP contribution >= 0.6 is 7.14 Å². The van der Waals surface area contributed by atoms with Crippen LogP contribution in [0, 0.1) is 12.3 Å². The van der Waals surface area contributed by atoms with E-state index in [-0.39, 0.29) is 23.7 Å². The van der Waals surface area contributed by atoms with E-state index in [0.29, 0.717) is 60.0 Å². The van der Waals surface area contributed by atoms with Crippen LogP contribution in [0.3, 0.4) is 0 Å². The summed E-state index contributed by atoms with van der Waals surface area (Å²) < 4.78 is 26.0. The summed E-state index contributed by atoms with van der Waals surface area (Å²) in [6, 6.07) is 26.9. The SMILES string of the molecule is C#Cc1cc(Nc2nccc(Oc3ccc(NC(=O)Nc4cc(C(C)C)nn4-c4cccc(CP(C)(C)=O)c4)c4ccccc34)n2)cc(C(=O)NCCN2CCOCC2)c1. The number of carbonyl (C=O) groups is 2. The topological polar surface area (TPSA) is 165 Å². The second kappa shape index (κ2) is 18.6. The van der Waals surface area contributed by atoms with Crippen molar-refractivity contribution in [3.8, 4) is 29.7 Å². The molecule has 60 heavy (non-hydrogen) atoms. The van der Waals surface area contributed by atoms with E-state index in [1.165, 1.54) is 0 Å².